The predicted octanol–water partition coefficient (Wildman–Crippen LogP) is 4.28. The summed E-state index contributed by atoms with van der Waals surface area (Å²) >= 11 is 0. The first-order chi connectivity index (χ1) is 16.7. The molecule has 35 heavy (non-hydrogen) atoms. The monoisotopic (exact) mass is 497 g/mol. The molecule has 2 saturated heterocycles. The van der Waals surface area contributed by atoms with Gasteiger partial charge in [-0.25, -0.2) is 4.79 Å². The number of halogens is 3. The lowest BCUT2D eigenvalue weighted by molar-refractivity contribution is -0.220. The van der Waals surface area contributed by atoms with Crippen LogP contribution in [0.2, 0.25) is 0 Å². The summed E-state index contributed by atoms with van der Waals surface area (Å²) in [5, 5.41) is 4.35. The van der Waals surface area contributed by atoms with Gasteiger partial charge in [0.1, 0.15) is 5.75 Å². The van der Waals surface area contributed by atoms with Gasteiger partial charge in [-0.05, 0) is 43.0 Å². The number of methoxy groups -OCH3 is 1. The van der Waals surface area contributed by atoms with E-state index in [4.69, 9.17) is 18.9 Å². The summed E-state index contributed by atoms with van der Waals surface area (Å²) in [5.74, 6) is 0.633. The van der Waals surface area contributed by atoms with E-state index in [0.29, 0.717) is 30.8 Å². The SMILES string of the molecule is COc1ccc(COC[C@@H](OC(=O)N2CCC3(CC2)CC(n2cc(C)cn2)CO3)C(F)(F)F)cc1. The third kappa shape index (κ3) is 6.26. The molecule has 11 heteroatoms. The third-order valence-corrected chi connectivity index (χ3v) is 6.53. The van der Waals surface area contributed by atoms with Crippen molar-refractivity contribution in [3.63, 3.8) is 0 Å². The van der Waals surface area contributed by atoms with Crippen molar-refractivity contribution in [3.05, 3.63) is 47.8 Å². The van der Waals surface area contributed by atoms with Gasteiger partial charge in [0.25, 0.3) is 0 Å². The highest BCUT2D eigenvalue weighted by molar-refractivity contribution is 5.68. The molecule has 2 aliphatic heterocycles. The van der Waals surface area contributed by atoms with Gasteiger partial charge in [0.15, 0.2) is 0 Å². The minimum absolute atomic E-state index is 0.0470. The number of rotatable bonds is 7. The third-order valence-electron chi connectivity index (χ3n) is 6.53. The fraction of sp³-hybridized carbons (Fsp3) is 0.583. The van der Waals surface area contributed by atoms with Crippen molar-refractivity contribution in [1.82, 2.24) is 14.7 Å². The van der Waals surface area contributed by atoms with Crippen molar-refractivity contribution in [2.24, 2.45) is 0 Å². The number of amides is 1. The largest absolute Gasteiger partial charge is 0.497 e. The first kappa shape index (κ1) is 25.3. The Hall–Kier alpha value is -2.79. The number of piperidine rings is 1. The van der Waals surface area contributed by atoms with Crippen molar-refractivity contribution in [2.45, 2.75) is 56.7 Å². The molecule has 1 aromatic carbocycles. The van der Waals surface area contributed by atoms with Crippen LogP contribution in [0.25, 0.3) is 0 Å². The molecule has 0 aliphatic carbocycles. The smallest absolute Gasteiger partial charge is 0.427 e. The predicted molar refractivity (Wildman–Crippen MR) is 119 cm³/mol. The second-order valence-corrected chi connectivity index (χ2v) is 9.11. The number of likely N-dealkylation sites (tertiary alicyclic amines) is 1. The standard InChI is InChI=1S/C24H30F3N3O5/c1-17-12-28-30(13-17)19-11-23(34-15-19)7-9-29(10-8-23)22(31)35-21(24(25,26)27)16-33-14-18-3-5-20(32-2)6-4-18/h3-6,12-13,19,21H,7-11,14-16H2,1-2H3/t19?,21-/m1/s1. The molecule has 2 aromatic rings. The number of carbonyl (C=O) groups is 1. The van der Waals surface area contributed by atoms with Crippen molar-refractivity contribution in [2.75, 3.05) is 33.4 Å². The number of hydrogen-bond acceptors (Lipinski definition) is 6. The molecule has 2 aliphatic rings. The lowest BCUT2D eigenvalue weighted by Gasteiger charge is -2.38. The number of carbonyl (C=O) groups excluding carboxylic acids is 1. The van der Waals surface area contributed by atoms with E-state index >= 15 is 0 Å². The summed E-state index contributed by atoms with van der Waals surface area (Å²) in [4.78, 5) is 13.8. The van der Waals surface area contributed by atoms with Crippen LogP contribution in [0.3, 0.4) is 0 Å². The molecule has 0 bridgehead atoms. The highest BCUT2D eigenvalue weighted by Crippen LogP contribution is 2.40. The zero-order valence-electron chi connectivity index (χ0n) is 19.8. The number of alkyl halides is 3. The molecule has 192 valence electrons. The van der Waals surface area contributed by atoms with Crippen LogP contribution in [-0.2, 0) is 20.8 Å². The van der Waals surface area contributed by atoms with E-state index in [0.717, 1.165) is 12.0 Å². The summed E-state index contributed by atoms with van der Waals surface area (Å²) in [5.41, 5.74) is 1.35. The van der Waals surface area contributed by atoms with Crippen LogP contribution < -0.4 is 4.74 Å². The molecule has 1 spiro atoms. The first-order valence-electron chi connectivity index (χ1n) is 11.6. The molecule has 4 rings (SSSR count). The van der Waals surface area contributed by atoms with Crippen LogP contribution in [0.15, 0.2) is 36.7 Å². The number of hydrogen-bond donors (Lipinski definition) is 0. The van der Waals surface area contributed by atoms with Gasteiger partial charge in [0.2, 0.25) is 6.10 Å². The molecule has 0 saturated carbocycles. The summed E-state index contributed by atoms with van der Waals surface area (Å²) in [6.07, 6.45) is -2.51. The van der Waals surface area contributed by atoms with E-state index in [1.807, 2.05) is 17.8 Å². The van der Waals surface area contributed by atoms with Gasteiger partial charge < -0.3 is 23.8 Å². The van der Waals surface area contributed by atoms with Crippen molar-refractivity contribution in [1.29, 1.82) is 0 Å². The minimum atomic E-state index is -4.74. The van der Waals surface area contributed by atoms with E-state index in [9.17, 15) is 18.0 Å². The van der Waals surface area contributed by atoms with Gasteiger partial charge in [-0.2, -0.15) is 18.3 Å². The fourth-order valence-electron chi connectivity index (χ4n) is 4.47. The Labute approximate surface area is 201 Å². The van der Waals surface area contributed by atoms with E-state index in [1.54, 1.807) is 30.5 Å². The zero-order chi connectivity index (χ0) is 25.1. The average molecular weight is 498 g/mol. The second kappa shape index (κ2) is 10.4. The number of benzene rings is 1. The van der Waals surface area contributed by atoms with Crippen molar-refractivity contribution >= 4 is 6.09 Å². The Morgan fingerprint density at radius 2 is 1.97 bits per heavy atom. The normalized spacial score (nSPS) is 20.7. The lowest BCUT2D eigenvalue weighted by Crippen LogP contribution is -2.49. The number of aromatic nitrogens is 2. The maximum absolute atomic E-state index is 13.5. The average Bonchev–Trinajstić information content (AvgIpc) is 3.45. The molecule has 8 nitrogen and oxygen atoms in total. The quantitative estimate of drug-likeness (QED) is 0.569. The highest BCUT2D eigenvalue weighted by Gasteiger charge is 2.47. The number of nitrogens with zero attached hydrogens (tertiary/aromatic N) is 3. The van der Waals surface area contributed by atoms with Gasteiger partial charge in [-0.15, -0.1) is 0 Å². The Morgan fingerprint density at radius 1 is 1.26 bits per heavy atom. The van der Waals surface area contributed by atoms with Crippen LogP contribution in [0.4, 0.5) is 18.0 Å². The van der Waals surface area contributed by atoms with E-state index in [2.05, 4.69) is 5.10 Å². The van der Waals surface area contributed by atoms with Gasteiger partial charge in [0.05, 0.1) is 44.8 Å². The Kier molecular flexibility index (Phi) is 7.56. The van der Waals surface area contributed by atoms with E-state index < -0.39 is 30.6 Å². The molecule has 1 aromatic heterocycles. The fourth-order valence-corrected chi connectivity index (χ4v) is 4.47. The Morgan fingerprint density at radius 3 is 2.57 bits per heavy atom. The van der Waals surface area contributed by atoms with E-state index in [-0.39, 0.29) is 25.7 Å². The molecule has 2 fully saturated rings. The van der Waals surface area contributed by atoms with Gasteiger partial charge in [0, 0.05) is 25.7 Å². The molecule has 1 unspecified atom stereocenters. The molecular formula is C24H30F3N3O5. The zero-order valence-corrected chi connectivity index (χ0v) is 19.8. The Bertz CT molecular complexity index is 987. The minimum Gasteiger partial charge on any atom is -0.497 e. The van der Waals surface area contributed by atoms with Gasteiger partial charge >= 0.3 is 12.3 Å². The van der Waals surface area contributed by atoms with Crippen molar-refractivity contribution < 1.29 is 36.9 Å². The molecule has 0 N–H and O–H groups in total. The summed E-state index contributed by atoms with van der Waals surface area (Å²) in [6.45, 7) is 2.19. The maximum Gasteiger partial charge on any atom is 0.427 e. The second-order valence-electron chi connectivity index (χ2n) is 9.11. The summed E-state index contributed by atoms with van der Waals surface area (Å²) in [6, 6.07) is 6.88. The first-order valence-corrected chi connectivity index (χ1v) is 11.6. The van der Waals surface area contributed by atoms with Crippen LogP contribution in [-0.4, -0.2) is 72.1 Å². The van der Waals surface area contributed by atoms with Crippen LogP contribution >= 0.6 is 0 Å². The number of ether oxygens (including phenoxy) is 4. The van der Waals surface area contributed by atoms with Crippen LogP contribution in [0, 0.1) is 6.92 Å². The van der Waals surface area contributed by atoms with Gasteiger partial charge in [-0.1, -0.05) is 12.1 Å². The topological polar surface area (TPSA) is 75.1 Å². The van der Waals surface area contributed by atoms with E-state index in [1.165, 1.54) is 12.0 Å². The maximum atomic E-state index is 13.5. The highest BCUT2D eigenvalue weighted by atomic mass is 19.4. The molecule has 1 amide bonds. The van der Waals surface area contributed by atoms with Crippen LogP contribution in [0.5, 0.6) is 5.75 Å². The van der Waals surface area contributed by atoms with Gasteiger partial charge in [-0.3, -0.25) is 4.68 Å². The molecular weight excluding hydrogens is 467 g/mol. The van der Waals surface area contributed by atoms with Crippen molar-refractivity contribution in [3.8, 4) is 5.75 Å². The lowest BCUT2D eigenvalue weighted by atomic mass is 9.87. The molecule has 2 atom stereocenters. The molecule has 3 heterocycles. The summed E-state index contributed by atoms with van der Waals surface area (Å²) < 4.78 is 63.6. The molecule has 0 radical (unpaired) electrons. The van der Waals surface area contributed by atoms with Crippen LogP contribution in [0.1, 0.15) is 36.4 Å². The number of aryl methyl sites for hydroxylation is 1. The Balaban J connectivity index is 1.26. The summed E-state index contributed by atoms with van der Waals surface area (Å²) in [7, 11) is 1.52.